The van der Waals surface area contributed by atoms with Gasteiger partial charge in [-0.3, -0.25) is 0 Å². The van der Waals surface area contributed by atoms with E-state index in [1.807, 2.05) is 13.8 Å². The van der Waals surface area contributed by atoms with E-state index in [2.05, 4.69) is 27.6 Å². The average Bonchev–Trinajstić information content (AvgIpc) is 2.26. The van der Waals surface area contributed by atoms with Crippen LogP contribution in [-0.4, -0.2) is 38.3 Å². The van der Waals surface area contributed by atoms with Crippen LogP contribution in [0.15, 0.2) is 12.2 Å². The second-order valence-corrected chi connectivity index (χ2v) is 5.86. The van der Waals surface area contributed by atoms with Gasteiger partial charge in [0.1, 0.15) is 5.60 Å². The van der Waals surface area contributed by atoms with Gasteiger partial charge in [-0.2, -0.15) is 0 Å². The molecule has 0 rings (SSSR count). The molecule has 0 aliphatic carbocycles. The summed E-state index contributed by atoms with van der Waals surface area (Å²) in [4.78, 5) is 11.7. The molecule has 0 N–H and O–H groups in total. The topological polar surface area (TPSA) is 44.8 Å². The van der Waals surface area contributed by atoms with Gasteiger partial charge in [-0.15, -0.1) is 0 Å². The second-order valence-electron chi connectivity index (χ2n) is 5.45. The van der Waals surface area contributed by atoms with Gasteiger partial charge in [0.25, 0.3) is 0 Å². The van der Waals surface area contributed by atoms with Crippen LogP contribution in [0.2, 0.25) is 0 Å². The Balaban J connectivity index is 5.31. The molecular formula is C12H20O4Si2. The Morgan fingerprint density at radius 2 is 1.44 bits per heavy atom. The molecule has 0 aromatic rings. The molecule has 0 atom stereocenters. The number of rotatable bonds is 6. The summed E-state index contributed by atoms with van der Waals surface area (Å²) < 4.78 is 15.9. The van der Waals surface area contributed by atoms with E-state index in [-0.39, 0.29) is 0 Å². The van der Waals surface area contributed by atoms with Crippen LogP contribution in [0, 0.1) is 5.41 Å². The molecule has 0 unspecified atom stereocenters. The first-order chi connectivity index (χ1) is 7.95. The summed E-state index contributed by atoms with van der Waals surface area (Å²) in [5, 5.41) is 0. The minimum atomic E-state index is -1.04. The highest BCUT2D eigenvalue weighted by Crippen LogP contribution is 2.45. The van der Waals surface area contributed by atoms with Crippen LogP contribution in [0.5, 0.6) is 0 Å². The molecule has 0 aliphatic heterocycles. The van der Waals surface area contributed by atoms with Crippen molar-refractivity contribution in [3.63, 3.8) is 0 Å². The van der Waals surface area contributed by atoms with E-state index in [9.17, 15) is 4.79 Å². The molecule has 0 aliphatic rings. The third-order valence-electron chi connectivity index (χ3n) is 3.73. The van der Waals surface area contributed by atoms with Crippen molar-refractivity contribution in [2.75, 3.05) is 0 Å². The predicted molar refractivity (Wildman–Crippen MR) is 70.8 cm³/mol. The molecule has 0 saturated heterocycles. The maximum Gasteiger partial charge on any atom is 0.333 e. The van der Waals surface area contributed by atoms with E-state index in [0.717, 1.165) is 0 Å². The Kier molecular flexibility index (Phi) is 5.55. The van der Waals surface area contributed by atoms with Crippen LogP contribution < -0.4 is 0 Å². The van der Waals surface area contributed by atoms with Gasteiger partial charge in [-0.05, 0) is 27.7 Å². The Hall–Kier alpha value is -0.436. The summed E-state index contributed by atoms with van der Waals surface area (Å²) in [6.45, 7) is 14.2. The normalized spacial score (nSPS) is 13.3. The molecule has 0 fully saturated rings. The molecule has 100 valence electrons. The number of hydrogen-bond acceptors (Lipinski definition) is 4. The van der Waals surface area contributed by atoms with Gasteiger partial charge >= 0.3 is 5.97 Å². The lowest BCUT2D eigenvalue weighted by atomic mass is 9.71. The van der Waals surface area contributed by atoms with Crippen molar-refractivity contribution in [2.45, 2.75) is 52.9 Å². The summed E-state index contributed by atoms with van der Waals surface area (Å²) in [5.41, 5.74) is -1.15. The maximum atomic E-state index is 11.7. The fourth-order valence-corrected chi connectivity index (χ4v) is 1.95. The molecule has 0 saturated carbocycles. The SMILES string of the molecule is C=C(C)C(=O)OC(C)(C)C(C)(C)C(C)(O[Si])O[Si]. The molecule has 0 bridgehead atoms. The van der Waals surface area contributed by atoms with Gasteiger partial charge in [0.15, 0.2) is 5.79 Å². The first kappa shape index (κ1) is 17.6. The van der Waals surface area contributed by atoms with Crippen LogP contribution in [0.25, 0.3) is 0 Å². The molecular weight excluding hydrogens is 264 g/mol. The van der Waals surface area contributed by atoms with E-state index in [1.165, 1.54) is 0 Å². The number of carbonyl (C=O) groups is 1. The molecule has 4 nitrogen and oxygen atoms in total. The average molecular weight is 284 g/mol. The van der Waals surface area contributed by atoms with Crippen molar-refractivity contribution < 1.29 is 18.4 Å². The minimum absolute atomic E-state index is 0.346. The van der Waals surface area contributed by atoms with Crippen LogP contribution in [0.1, 0.15) is 41.5 Å². The Morgan fingerprint density at radius 1 is 1.06 bits per heavy atom. The number of ether oxygens (including phenoxy) is 1. The Morgan fingerprint density at radius 3 is 1.72 bits per heavy atom. The third kappa shape index (κ3) is 3.11. The summed E-state index contributed by atoms with van der Waals surface area (Å²) in [6.07, 6.45) is 0. The van der Waals surface area contributed by atoms with Crippen molar-refractivity contribution in [3.05, 3.63) is 12.2 Å². The summed E-state index contributed by atoms with van der Waals surface area (Å²) in [7, 11) is 5.99. The number of carbonyl (C=O) groups excluding carboxylic acids is 1. The van der Waals surface area contributed by atoms with E-state index in [1.54, 1.807) is 27.7 Å². The number of hydrogen-bond donors (Lipinski definition) is 0. The highest BCUT2D eigenvalue weighted by Gasteiger charge is 2.53. The zero-order valence-electron chi connectivity index (χ0n) is 11.8. The third-order valence-corrected chi connectivity index (χ3v) is 4.51. The van der Waals surface area contributed by atoms with E-state index < -0.39 is 22.8 Å². The Labute approximate surface area is 116 Å². The molecule has 0 aromatic carbocycles. The van der Waals surface area contributed by atoms with E-state index in [0.29, 0.717) is 5.57 Å². The van der Waals surface area contributed by atoms with Crippen molar-refractivity contribution in [1.82, 2.24) is 0 Å². The molecule has 0 amide bonds. The van der Waals surface area contributed by atoms with E-state index in [4.69, 9.17) is 13.6 Å². The van der Waals surface area contributed by atoms with Gasteiger partial charge in [-0.25, -0.2) is 4.79 Å². The number of esters is 1. The predicted octanol–water partition coefficient (Wildman–Crippen LogP) is 1.83. The molecule has 0 heterocycles. The smallest absolute Gasteiger partial charge is 0.333 e. The lowest BCUT2D eigenvalue weighted by Crippen LogP contribution is -2.58. The van der Waals surface area contributed by atoms with E-state index >= 15 is 0 Å². The monoisotopic (exact) mass is 284 g/mol. The Bertz CT molecular complexity index is 333. The summed E-state index contributed by atoms with van der Waals surface area (Å²) in [6, 6.07) is 0. The van der Waals surface area contributed by atoms with Gasteiger partial charge in [0.2, 0.25) is 21.0 Å². The van der Waals surface area contributed by atoms with Crippen LogP contribution in [-0.2, 0) is 18.4 Å². The lowest BCUT2D eigenvalue weighted by Gasteiger charge is -2.50. The lowest BCUT2D eigenvalue weighted by molar-refractivity contribution is -0.240. The first-order valence-electron chi connectivity index (χ1n) is 5.53. The fraction of sp³-hybridized carbons (Fsp3) is 0.750. The first-order valence-corrected chi connectivity index (χ1v) is 6.35. The molecule has 6 heteroatoms. The highest BCUT2D eigenvalue weighted by molar-refractivity contribution is 6.00. The van der Waals surface area contributed by atoms with Crippen LogP contribution >= 0.6 is 0 Å². The second kappa shape index (κ2) is 5.69. The molecule has 0 aromatic heterocycles. The quantitative estimate of drug-likeness (QED) is 0.323. The van der Waals surface area contributed by atoms with Gasteiger partial charge in [0.05, 0.1) is 5.41 Å². The standard InChI is InChI=1S/C12H20O4Si2/c1-8(2)9(13)14-11(5,6)10(3,4)12(7,15-17)16-18/h1H2,2-7H3. The zero-order chi connectivity index (χ0) is 14.8. The van der Waals surface area contributed by atoms with Crippen LogP contribution in [0.4, 0.5) is 0 Å². The minimum Gasteiger partial charge on any atom is -0.456 e. The van der Waals surface area contributed by atoms with Crippen molar-refractivity contribution in [3.8, 4) is 0 Å². The highest BCUT2D eigenvalue weighted by atomic mass is 28.2. The van der Waals surface area contributed by atoms with Crippen LogP contribution in [0.3, 0.4) is 0 Å². The van der Waals surface area contributed by atoms with Gasteiger partial charge in [-0.1, -0.05) is 20.4 Å². The maximum absolute atomic E-state index is 11.7. The largest absolute Gasteiger partial charge is 0.456 e. The van der Waals surface area contributed by atoms with Gasteiger partial charge in [0, 0.05) is 5.57 Å². The molecule has 18 heavy (non-hydrogen) atoms. The van der Waals surface area contributed by atoms with Crippen molar-refractivity contribution >= 4 is 26.9 Å². The summed E-state index contributed by atoms with van der Waals surface area (Å²) >= 11 is 0. The zero-order valence-corrected chi connectivity index (χ0v) is 13.8. The van der Waals surface area contributed by atoms with Crippen molar-refractivity contribution in [1.29, 1.82) is 0 Å². The molecule has 6 radical (unpaired) electrons. The summed E-state index contributed by atoms with van der Waals surface area (Å²) in [5.74, 6) is -1.49. The van der Waals surface area contributed by atoms with Gasteiger partial charge < -0.3 is 13.6 Å². The van der Waals surface area contributed by atoms with Crippen molar-refractivity contribution in [2.24, 2.45) is 5.41 Å². The fourth-order valence-electron chi connectivity index (χ4n) is 1.27. The molecule has 0 spiro atoms.